The molecule has 1 nitrogen and oxygen atoms in total. The van der Waals surface area contributed by atoms with E-state index in [1.54, 1.807) is 13.2 Å². The van der Waals surface area contributed by atoms with Gasteiger partial charge in [-0.1, -0.05) is 54.6 Å². The first kappa shape index (κ1) is 13.4. The molecule has 3 aromatic carbocycles. The predicted octanol–water partition coefficient (Wildman–Crippen LogP) is 5.17. The molecule has 0 fully saturated rings. The number of hydrogen-bond donors (Lipinski definition) is 0. The average molecular weight is 278 g/mol. The molecule has 0 radical (unpaired) electrons. The smallest absolute Gasteiger partial charge is 0.127 e. The van der Waals surface area contributed by atoms with E-state index >= 15 is 0 Å². The largest absolute Gasteiger partial charge is 0.496 e. The van der Waals surface area contributed by atoms with Crippen molar-refractivity contribution >= 4 is 0 Å². The highest BCUT2D eigenvalue weighted by Gasteiger charge is 2.13. The Morgan fingerprint density at radius 2 is 1.48 bits per heavy atom. The Balaban J connectivity index is 2.27. The zero-order chi connectivity index (χ0) is 14.7. The number of benzene rings is 3. The van der Waals surface area contributed by atoms with Crippen LogP contribution in [0, 0.1) is 5.82 Å². The molecule has 0 aromatic heterocycles. The minimum Gasteiger partial charge on any atom is -0.496 e. The van der Waals surface area contributed by atoms with Crippen LogP contribution in [0.5, 0.6) is 5.75 Å². The van der Waals surface area contributed by atoms with Crippen molar-refractivity contribution in [3.05, 3.63) is 78.6 Å². The van der Waals surface area contributed by atoms with Gasteiger partial charge in [0.25, 0.3) is 0 Å². The fourth-order valence-corrected chi connectivity index (χ4v) is 2.50. The van der Waals surface area contributed by atoms with Gasteiger partial charge in [0.2, 0.25) is 0 Å². The molecule has 0 aliphatic rings. The molecule has 0 aliphatic heterocycles. The van der Waals surface area contributed by atoms with E-state index in [1.165, 1.54) is 12.1 Å². The lowest BCUT2D eigenvalue weighted by atomic mass is 9.93. The molecule has 0 saturated carbocycles. The summed E-state index contributed by atoms with van der Waals surface area (Å²) in [7, 11) is 1.63. The van der Waals surface area contributed by atoms with Crippen LogP contribution < -0.4 is 4.74 Å². The standard InChI is InChI=1S/C19H15FO/c1-21-18-12-6-11-17(14-7-3-2-4-8-14)19(18)15-9-5-10-16(20)13-15/h2-13H,1H3. The fourth-order valence-electron chi connectivity index (χ4n) is 2.50. The van der Waals surface area contributed by atoms with Gasteiger partial charge in [0, 0.05) is 5.56 Å². The number of ether oxygens (including phenoxy) is 1. The molecule has 2 heteroatoms. The lowest BCUT2D eigenvalue weighted by molar-refractivity contribution is 0.416. The van der Waals surface area contributed by atoms with E-state index in [2.05, 4.69) is 0 Å². The molecular formula is C19H15FO. The summed E-state index contributed by atoms with van der Waals surface area (Å²) in [4.78, 5) is 0. The lowest BCUT2D eigenvalue weighted by Gasteiger charge is -2.14. The maximum Gasteiger partial charge on any atom is 0.127 e. The minimum absolute atomic E-state index is 0.252. The van der Waals surface area contributed by atoms with Crippen LogP contribution in [-0.2, 0) is 0 Å². The Morgan fingerprint density at radius 3 is 2.19 bits per heavy atom. The van der Waals surface area contributed by atoms with Crippen molar-refractivity contribution in [1.82, 2.24) is 0 Å². The van der Waals surface area contributed by atoms with Crippen molar-refractivity contribution in [1.29, 1.82) is 0 Å². The first-order valence-electron chi connectivity index (χ1n) is 6.78. The Labute approximate surface area is 123 Å². The molecule has 0 bridgehead atoms. The highest BCUT2D eigenvalue weighted by Crippen LogP contribution is 2.39. The molecule has 104 valence electrons. The van der Waals surface area contributed by atoms with Gasteiger partial charge >= 0.3 is 0 Å². The van der Waals surface area contributed by atoms with Gasteiger partial charge in [0.05, 0.1) is 7.11 Å². The summed E-state index contributed by atoms with van der Waals surface area (Å²) in [5.41, 5.74) is 3.83. The third kappa shape index (κ3) is 2.65. The van der Waals surface area contributed by atoms with Crippen molar-refractivity contribution < 1.29 is 9.13 Å². The van der Waals surface area contributed by atoms with E-state index < -0.39 is 0 Å². The van der Waals surface area contributed by atoms with Crippen molar-refractivity contribution in [2.24, 2.45) is 0 Å². The number of hydrogen-bond acceptors (Lipinski definition) is 1. The maximum absolute atomic E-state index is 13.6. The van der Waals surface area contributed by atoms with Gasteiger partial charge in [-0.05, 0) is 34.9 Å². The quantitative estimate of drug-likeness (QED) is 0.642. The minimum atomic E-state index is -0.252. The van der Waals surface area contributed by atoms with Crippen LogP contribution in [0.2, 0.25) is 0 Å². The van der Waals surface area contributed by atoms with Crippen LogP contribution in [0.3, 0.4) is 0 Å². The summed E-state index contributed by atoms with van der Waals surface area (Å²) in [6, 6.07) is 22.5. The number of halogens is 1. The van der Waals surface area contributed by atoms with Gasteiger partial charge in [-0.3, -0.25) is 0 Å². The van der Waals surface area contributed by atoms with Crippen LogP contribution in [0.15, 0.2) is 72.8 Å². The number of rotatable bonds is 3. The summed E-state index contributed by atoms with van der Waals surface area (Å²) in [6.07, 6.45) is 0. The zero-order valence-electron chi connectivity index (χ0n) is 11.7. The molecule has 0 heterocycles. The second kappa shape index (κ2) is 5.80. The maximum atomic E-state index is 13.6. The lowest BCUT2D eigenvalue weighted by Crippen LogP contribution is -1.92. The SMILES string of the molecule is COc1cccc(-c2ccccc2)c1-c1cccc(F)c1. The van der Waals surface area contributed by atoms with E-state index in [-0.39, 0.29) is 5.82 Å². The number of methoxy groups -OCH3 is 1. The molecule has 21 heavy (non-hydrogen) atoms. The molecule has 3 aromatic rings. The Kier molecular flexibility index (Phi) is 3.69. The van der Waals surface area contributed by atoms with Gasteiger partial charge in [0.1, 0.15) is 11.6 Å². The van der Waals surface area contributed by atoms with Crippen molar-refractivity contribution in [3.8, 4) is 28.0 Å². The molecule has 0 spiro atoms. The van der Waals surface area contributed by atoms with Crippen LogP contribution in [0.25, 0.3) is 22.3 Å². The average Bonchev–Trinajstić information content (AvgIpc) is 2.55. The zero-order valence-corrected chi connectivity index (χ0v) is 11.7. The molecule has 0 N–H and O–H groups in total. The third-order valence-electron chi connectivity index (χ3n) is 3.44. The Hall–Kier alpha value is -2.61. The normalized spacial score (nSPS) is 10.4. The molecule has 0 saturated heterocycles. The van der Waals surface area contributed by atoms with E-state index in [1.807, 2.05) is 54.6 Å². The van der Waals surface area contributed by atoms with E-state index in [9.17, 15) is 4.39 Å². The third-order valence-corrected chi connectivity index (χ3v) is 3.44. The van der Waals surface area contributed by atoms with Crippen molar-refractivity contribution in [2.75, 3.05) is 7.11 Å². The second-order valence-electron chi connectivity index (χ2n) is 4.76. The van der Waals surface area contributed by atoms with E-state index in [4.69, 9.17) is 4.74 Å². The molecule has 0 amide bonds. The predicted molar refractivity (Wildman–Crippen MR) is 83.8 cm³/mol. The van der Waals surface area contributed by atoms with Gasteiger partial charge in [-0.2, -0.15) is 0 Å². The summed E-state index contributed by atoms with van der Waals surface area (Å²) >= 11 is 0. The first-order valence-corrected chi connectivity index (χ1v) is 6.78. The van der Waals surface area contributed by atoms with Gasteiger partial charge in [-0.25, -0.2) is 4.39 Å². The van der Waals surface area contributed by atoms with Crippen molar-refractivity contribution in [3.63, 3.8) is 0 Å². The van der Waals surface area contributed by atoms with Gasteiger partial charge in [-0.15, -0.1) is 0 Å². The van der Waals surface area contributed by atoms with E-state index in [0.29, 0.717) is 0 Å². The van der Waals surface area contributed by atoms with Crippen LogP contribution >= 0.6 is 0 Å². The summed E-state index contributed by atoms with van der Waals surface area (Å²) < 4.78 is 19.1. The fraction of sp³-hybridized carbons (Fsp3) is 0.0526. The van der Waals surface area contributed by atoms with Crippen molar-refractivity contribution in [2.45, 2.75) is 0 Å². The van der Waals surface area contributed by atoms with Gasteiger partial charge in [0.15, 0.2) is 0 Å². The molecule has 0 unspecified atom stereocenters. The monoisotopic (exact) mass is 278 g/mol. The highest BCUT2D eigenvalue weighted by molar-refractivity contribution is 5.87. The molecule has 3 rings (SSSR count). The summed E-state index contributed by atoms with van der Waals surface area (Å²) in [5.74, 6) is 0.486. The molecule has 0 aliphatic carbocycles. The topological polar surface area (TPSA) is 9.23 Å². The summed E-state index contributed by atoms with van der Waals surface area (Å²) in [6.45, 7) is 0. The first-order chi connectivity index (χ1) is 10.3. The van der Waals surface area contributed by atoms with Crippen LogP contribution in [0.1, 0.15) is 0 Å². The molecule has 0 atom stereocenters. The second-order valence-corrected chi connectivity index (χ2v) is 4.76. The van der Waals surface area contributed by atoms with Gasteiger partial charge < -0.3 is 4.74 Å². The highest BCUT2D eigenvalue weighted by atomic mass is 19.1. The van der Waals surface area contributed by atoms with Crippen LogP contribution in [-0.4, -0.2) is 7.11 Å². The Bertz CT molecular complexity index is 751. The summed E-state index contributed by atoms with van der Waals surface area (Å²) in [5, 5.41) is 0. The van der Waals surface area contributed by atoms with Crippen LogP contribution in [0.4, 0.5) is 4.39 Å². The van der Waals surface area contributed by atoms with E-state index in [0.717, 1.165) is 28.0 Å². The Morgan fingerprint density at radius 1 is 0.762 bits per heavy atom. The molecular weight excluding hydrogens is 263 g/mol.